The van der Waals surface area contributed by atoms with Gasteiger partial charge in [0.2, 0.25) is 5.78 Å². The molecule has 1 aliphatic rings. The molecule has 1 atom stereocenters. The lowest BCUT2D eigenvalue weighted by molar-refractivity contribution is 0.0267. The molecule has 1 aromatic heterocycles. The van der Waals surface area contributed by atoms with E-state index >= 15 is 0 Å². The molecule has 0 amide bonds. The number of rotatable bonds is 2. The second-order valence-corrected chi connectivity index (χ2v) is 6.09. The molecule has 2 N–H and O–H groups in total. The van der Waals surface area contributed by atoms with Gasteiger partial charge >= 0.3 is 0 Å². The Morgan fingerprint density at radius 3 is 2.71 bits per heavy atom. The van der Waals surface area contributed by atoms with Crippen LogP contribution in [0.5, 0.6) is 0 Å². The van der Waals surface area contributed by atoms with Gasteiger partial charge in [-0.2, -0.15) is 0 Å². The highest BCUT2D eigenvalue weighted by molar-refractivity contribution is 6.09. The minimum absolute atomic E-state index is 0.201. The van der Waals surface area contributed by atoms with E-state index in [1.54, 1.807) is 0 Å². The van der Waals surface area contributed by atoms with Crippen LogP contribution in [0.4, 0.5) is 0 Å². The summed E-state index contributed by atoms with van der Waals surface area (Å²) < 4.78 is 0. The topological polar surface area (TPSA) is 66.0 Å². The fourth-order valence-electron chi connectivity index (χ4n) is 2.91. The molecular weight excluding hydrogens is 264 g/mol. The molecule has 0 saturated heterocycles. The summed E-state index contributed by atoms with van der Waals surface area (Å²) in [4.78, 5) is 20.4. The number of aromatic nitrogens is 2. The van der Waals surface area contributed by atoms with Crippen LogP contribution in [0.3, 0.4) is 0 Å². The Hall–Kier alpha value is -1.94. The molecule has 1 unspecified atom stereocenters. The third-order valence-electron chi connectivity index (χ3n) is 4.26. The smallest absolute Gasteiger partial charge is 0.217 e. The molecule has 3 rings (SSSR count). The first-order valence-corrected chi connectivity index (χ1v) is 7.37. The molecule has 0 saturated carbocycles. The number of benzene rings is 1. The predicted molar refractivity (Wildman–Crippen MR) is 81.4 cm³/mol. The number of hydrogen-bond acceptors (Lipinski definition) is 3. The molecule has 2 aromatic rings. The van der Waals surface area contributed by atoms with Crippen molar-refractivity contribution < 1.29 is 9.90 Å². The molecular formula is C17H20N2O2. The summed E-state index contributed by atoms with van der Waals surface area (Å²) in [7, 11) is 0. The molecule has 0 spiro atoms. The Bertz CT molecular complexity index is 730. The van der Waals surface area contributed by atoms with E-state index in [4.69, 9.17) is 0 Å². The van der Waals surface area contributed by atoms with Gasteiger partial charge in [-0.05, 0) is 13.3 Å². The van der Waals surface area contributed by atoms with E-state index in [1.165, 1.54) is 0 Å². The van der Waals surface area contributed by atoms with Gasteiger partial charge in [0.15, 0.2) is 5.60 Å². The van der Waals surface area contributed by atoms with Crippen LogP contribution >= 0.6 is 0 Å². The van der Waals surface area contributed by atoms with Gasteiger partial charge in [-0.1, -0.05) is 44.5 Å². The number of imidazole rings is 1. The highest BCUT2D eigenvalue weighted by Gasteiger charge is 2.45. The van der Waals surface area contributed by atoms with Crippen LogP contribution in [0.2, 0.25) is 0 Å². The number of nitrogens with one attached hydrogen (secondary N) is 1. The van der Waals surface area contributed by atoms with Crippen molar-refractivity contribution in [2.75, 3.05) is 0 Å². The Balaban J connectivity index is 2.33. The van der Waals surface area contributed by atoms with E-state index in [0.717, 1.165) is 17.0 Å². The van der Waals surface area contributed by atoms with E-state index in [2.05, 4.69) is 9.97 Å². The average molecular weight is 284 g/mol. The van der Waals surface area contributed by atoms with Crippen molar-refractivity contribution in [1.29, 1.82) is 0 Å². The van der Waals surface area contributed by atoms with Gasteiger partial charge in [0.1, 0.15) is 17.2 Å². The normalized spacial score (nSPS) is 20.6. The Morgan fingerprint density at radius 2 is 2.10 bits per heavy atom. The first-order valence-electron chi connectivity index (χ1n) is 7.37. The predicted octanol–water partition coefficient (Wildman–Crippen LogP) is 3.30. The van der Waals surface area contributed by atoms with Crippen molar-refractivity contribution in [3.05, 3.63) is 40.8 Å². The minimum Gasteiger partial charge on any atom is -0.377 e. The van der Waals surface area contributed by atoms with Crippen LogP contribution < -0.4 is 0 Å². The Morgan fingerprint density at radius 1 is 1.38 bits per heavy atom. The third kappa shape index (κ3) is 1.86. The van der Waals surface area contributed by atoms with Crippen LogP contribution in [0, 0.1) is 6.92 Å². The number of carbonyl (C=O) groups excluding carboxylic acids is 1. The number of aliphatic hydroxyl groups is 1. The zero-order valence-electron chi connectivity index (χ0n) is 12.8. The molecule has 0 aliphatic heterocycles. The minimum atomic E-state index is -1.46. The first-order chi connectivity index (χ1) is 9.88. The Kier molecular flexibility index (Phi) is 3.02. The zero-order valence-corrected chi connectivity index (χ0v) is 12.8. The number of Topliss-reactive ketones (excluding diaryl/α,β-unsaturated/α-hetero) is 1. The number of aromatic amines is 1. The second-order valence-electron chi connectivity index (χ2n) is 6.09. The van der Waals surface area contributed by atoms with Gasteiger partial charge in [-0.25, -0.2) is 4.98 Å². The number of aryl methyl sites for hydroxylation is 1. The lowest BCUT2D eigenvalue weighted by Crippen LogP contribution is -2.38. The zero-order chi connectivity index (χ0) is 15.4. The molecule has 4 heteroatoms. The number of ketones is 1. The van der Waals surface area contributed by atoms with Crippen molar-refractivity contribution in [2.24, 2.45) is 0 Å². The number of nitrogens with zero attached hydrogens (tertiary/aromatic N) is 1. The van der Waals surface area contributed by atoms with Crippen LogP contribution in [-0.4, -0.2) is 20.9 Å². The van der Waals surface area contributed by atoms with E-state index < -0.39 is 5.60 Å². The van der Waals surface area contributed by atoms with Gasteiger partial charge in [0, 0.05) is 17.0 Å². The van der Waals surface area contributed by atoms with E-state index in [9.17, 15) is 9.90 Å². The molecule has 1 aliphatic carbocycles. The quantitative estimate of drug-likeness (QED) is 0.889. The summed E-state index contributed by atoms with van der Waals surface area (Å²) in [5.41, 5.74) is 2.18. The standard InChI is InChI=1S/C17H20N2O2/c1-5-17(21)12-8-10(4)6-7-11(12)13-14(15(17)20)19-16(18-13)9(2)3/h6-9,21H,5H2,1-4H3,(H,18,19). The highest BCUT2D eigenvalue weighted by Crippen LogP contribution is 2.43. The van der Waals surface area contributed by atoms with Crippen molar-refractivity contribution in [3.8, 4) is 11.3 Å². The first kappa shape index (κ1) is 14.0. The number of H-pyrrole nitrogens is 1. The molecule has 21 heavy (non-hydrogen) atoms. The fraction of sp³-hybridized carbons (Fsp3) is 0.412. The number of carbonyl (C=O) groups is 1. The van der Waals surface area contributed by atoms with E-state index in [-0.39, 0.29) is 11.7 Å². The lowest BCUT2D eigenvalue weighted by atomic mass is 9.76. The van der Waals surface area contributed by atoms with Gasteiger partial charge in [-0.3, -0.25) is 4.79 Å². The van der Waals surface area contributed by atoms with Crippen LogP contribution in [-0.2, 0) is 5.60 Å². The third-order valence-corrected chi connectivity index (χ3v) is 4.26. The van der Waals surface area contributed by atoms with E-state index in [1.807, 2.05) is 45.9 Å². The molecule has 4 nitrogen and oxygen atoms in total. The molecule has 0 radical (unpaired) electrons. The van der Waals surface area contributed by atoms with Crippen molar-refractivity contribution in [2.45, 2.75) is 45.6 Å². The summed E-state index contributed by atoms with van der Waals surface area (Å²) in [6.07, 6.45) is 0.345. The molecule has 0 fully saturated rings. The highest BCUT2D eigenvalue weighted by atomic mass is 16.3. The largest absolute Gasteiger partial charge is 0.377 e. The van der Waals surface area contributed by atoms with Crippen molar-refractivity contribution in [1.82, 2.24) is 9.97 Å². The summed E-state index contributed by atoms with van der Waals surface area (Å²) in [5.74, 6) is 0.699. The maximum atomic E-state index is 12.8. The van der Waals surface area contributed by atoms with Crippen molar-refractivity contribution in [3.63, 3.8) is 0 Å². The summed E-state index contributed by atoms with van der Waals surface area (Å²) in [6, 6.07) is 5.82. The van der Waals surface area contributed by atoms with Crippen LogP contribution in [0.1, 0.15) is 60.5 Å². The maximum absolute atomic E-state index is 12.8. The van der Waals surface area contributed by atoms with Crippen LogP contribution in [0.15, 0.2) is 18.2 Å². The van der Waals surface area contributed by atoms with Crippen molar-refractivity contribution >= 4 is 5.78 Å². The Labute approximate surface area is 124 Å². The second kappa shape index (κ2) is 4.53. The molecule has 1 aromatic carbocycles. The molecule has 0 bridgehead atoms. The monoisotopic (exact) mass is 284 g/mol. The van der Waals surface area contributed by atoms with E-state index in [0.29, 0.717) is 23.4 Å². The summed E-state index contributed by atoms with van der Waals surface area (Å²) >= 11 is 0. The molecule has 110 valence electrons. The maximum Gasteiger partial charge on any atom is 0.217 e. The lowest BCUT2D eigenvalue weighted by Gasteiger charge is -2.31. The fourth-order valence-corrected chi connectivity index (χ4v) is 2.91. The molecule has 1 heterocycles. The van der Waals surface area contributed by atoms with Gasteiger partial charge < -0.3 is 10.1 Å². The van der Waals surface area contributed by atoms with Gasteiger partial charge in [-0.15, -0.1) is 0 Å². The summed E-state index contributed by atoms with van der Waals surface area (Å²) in [6.45, 7) is 7.84. The summed E-state index contributed by atoms with van der Waals surface area (Å²) in [5, 5.41) is 10.9. The number of fused-ring (bicyclic) bond motifs is 3. The SMILES string of the molecule is CCC1(O)C(=O)c2[nH]c(C(C)C)nc2-c2ccc(C)cc21. The van der Waals surface area contributed by atoms with Crippen LogP contribution in [0.25, 0.3) is 11.3 Å². The average Bonchev–Trinajstić information content (AvgIpc) is 2.90. The van der Waals surface area contributed by atoms with Gasteiger partial charge in [0.05, 0.1) is 0 Å². The number of hydrogen-bond donors (Lipinski definition) is 2. The van der Waals surface area contributed by atoms with Gasteiger partial charge in [0.25, 0.3) is 0 Å².